The van der Waals surface area contributed by atoms with Gasteiger partial charge in [0, 0.05) is 48.5 Å². The van der Waals surface area contributed by atoms with Gasteiger partial charge in [0.15, 0.2) is 0 Å². The average Bonchev–Trinajstić information content (AvgIpc) is 3.22. The normalized spacial score (nSPS) is 10.9. The summed E-state index contributed by atoms with van der Waals surface area (Å²) in [6, 6.07) is 75.0. The number of rotatable bonds is 12. The van der Waals surface area contributed by atoms with E-state index < -0.39 is 0 Å². The Kier molecular flexibility index (Phi) is 11.9. The molecule has 0 aliphatic heterocycles. The molecule has 0 spiro atoms. The number of hydrogen-bond donors (Lipinski definition) is 3. The molecule has 8 aromatic carbocycles. The largest absolute Gasteiger partial charge is 1.00 e. The van der Waals surface area contributed by atoms with E-state index in [1.54, 1.807) is 0 Å². The molecule has 0 aromatic heterocycles. The predicted octanol–water partition coefficient (Wildman–Crippen LogP) is 7.16. The molecule has 0 atom stereocenters. The third-order valence-corrected chi connectivity index (χ3v) is 9.10. The second-order valence-electron chi connectivity index (χ2n) is 12.7. The van der Waals surface area contributed by atoms with Crippen molar-refractivity contribution in [1.82, 2.24) is 0 Å². The highest BCUT2D eigenvalue weighted by atomic mass is 127. The van der Waals surface area contributed by atoms with E-state index in [4.69, 9.17) is 9.47 Å². The van der Waals surface area contributed by atoms with E-state index in [1.807, 2.05) is 72.8 Å². The number of para-hydroxylation sites is 4. The maximum Gasteiger partial charge on any atom is 0.141 e. The van der Waals surface area contributed by atoms with Crippen LogP contribution in [0.3, 0.4) is 0 Å². The van der Waals surface area contributed by atoms with Crippen LogP contribution in [0.5, 0.6) is 23.0 Å². The van der Waals surface area contributed by atoms with Gasteiger partial charge in [-0.3, -0.25) is 5.32 Å². The van der Waals surface area contributed by atoms with Gasteiger partial charge in [0.2, 0.25) is 0 Å². The second kappa shape index (κ2) is 17.7. The van der Waals surface area contributed by atoms with E-state index in [9.17, 15) is 0 Å². The van der Waals surface area contributed by atoms with Crippen LogP contribution in [0, 0.1) is 0 Å². The molecule has 0 bridgehead atoms. The van der Waals surface area contributed by atoms with Crippen LogP contribution in [0.2, 0.25) is 0 Å². The van der Waals surface area contributed by atoms with E-state index in [1.165, 1.54) is 32.5 Å². The van der Waals surface area contributed by atoms with Crippen molar-refractivity contribution in [2.45, 2.75) is 0 Å². The summed E-state index contributed by atoms with van der Waals surface area (Å²) in [6.45, 7) is 0. The first-order valence-electron chi connectivity index (χ1n) is 17.8. The van der Waals surface area contributed by atoms with E-state index in [0.717, 1.165) is 45.7 Å². The van der Waals surface area contributed by atoms with Gasteiger partial charge in [-0.2, -0.15) is 0 Å². The molecule has 0 saturated carbocycles. The van der Waals surface area contributed by atoms with E-state index >= 15 is 0 Å². The molecule has 0 radical (unpaired) electrons. The van der Waals surface area contributed by atoms with Crippen molar-refractivity contribution in [3.8, 4) is 23.0 Å². The Hall–Kier alpha value is -6.03. The summed E-state index contributed by atoms with van der Waals surface area (Å²) in [7, 11) is 0. The highest BCUT2D eigenvalue weighted by Gasteiger charge is 2.20. The summed E-state index contributed by atoms with van der Waals surface area (Å²) >= 11 is 0. The molecule has 54 heavy (non-hydrogen) atoms. The van der Waals surface area contributed by atoms with Crippen LogP contribution >= 0.6 is 0 Å². The summed E-state index contributed by atoms with van der Waals surface area (Å²) in [5.74, 6) is 3.17. The Morgan fingerprint density at radius 1 is 0.259 bits per heavy atom. The standard InChI is InChI=1S/C48H37N3O2.HI/c1-5-13-39(14-6-1)50(40-15-7-2-8-16-40)43-25-33-47(34-26-43)52-45-29-21-37(22-30-45)49-38-23-31-46(32-24-38)53-48-35-27-44(28-36-48)51(41-17-9-3-10-18-41)42-19-11-4-12-20-42;/h1-36,49H;1H/p+2. The number of nitrogens with one attached hydrogen (secondary N) is 2. The number of nitrogens with two attached hydrogens (primary N) is 1. The van der Waals surface area contributed by atoms with Crippen molar-refractivity contribution in [3.05, 3.63) is 218 Å². The van der Waals surface area contributed by atoms with Gasteiger partial charge >= 0.3 is 0 Å². The molecule has 0 fully saturated rings. The molecule has 0 unspecified atom stereocenters. The van der Waals surface area contributed by atoms with Crippen molar-refractivity contribution < 1.29 is 48.6 Å². The second-order valence-corrected chi connectivity index (χ2v) is 12.7. The minimum atomic E-state index is 0. The fourth-order valence-corrected chi connectivity index (χ4v) is 6.53. The van der Waals surface area contributed by atoms with Crippen LogP contribution in [0.15, 0.2) is 218 Å². The fraction of sp³-hybridized carbons (Fsp3) is 0. The van der Waals surface area contributed by atoms with Crippen LogP contribution in [-0.4, -0.2) is 0 Å². The Morgan fingerprint density at radius 2 is 0.481 bits per heavy atom. The van der Waals surface area contributed by atoms with Gasteiger partial charge in [-0.25, -0.2) is 9.80 Å². The van der Waals surface area contributed by atoms with Crippen molar-refractivity contribution in [2.75, 3.05) is 0 Å². The van der Waals surface area contributed by atoms with Gasteiger partial charge in [-0.05, 0) is 97.1 Å². The molecule has 5 nitrogen and oxygen atoms in total. The molecule has 4 N–H and O–H groups in total. The number of ether oxygens (including phenoxy) is 2. The van der Waals surface area contributed by atoms with Crippen LogP contribution in [0.4, 0.5) is 45.5 Å². The Bertz CT molecular complexity index is 2080. The molecule has 0 heterocycles. The van der Waals surface area contributed by atoms with E-state index in [2.05, 4.69) is 151 Å². The molecule has 0 aliphatic rings. The van der Waals surface area contributed by atoms with Gasteiger partial charge < -0.3 is 33.5 Å². The molecule has 0 aliphatic carbocycles. The van der Waals surface area contributed by atoms with Crippen molar-refractivity contribution in [3.63, 3.8) is 0 Å². The summed E-state index contributed by atoms with van der Waals surface area (Å²) < 4.78 is 12.5. The van der Waals surface area contributed by atoms with E-state index in [0.29, 0.717) is 0 Å². The quantitative estimate of drug-likeness (QED) is 0.0906. The SMILES string of the molecule is [I-].c1ccc([NH+](c2ccccc2)c2ccc(Oc3ccc([NH2+]c4ccc(Oc5ccc([NH+](c6ccccc6)c6ccccc6)cc5)cc4)cc3)cc2)cc1. The number of quaternary nitrogens is 3. The van der Waals surface area contributed by atoms with Gasteiger partial charge in [-0.1, -0.05) is 72.8 Å². The number of hydrogen-bond acceptors (Lipinski definition) is 2. The van der Waals surface area contributed by atoms with E-state index in [-0.39, 0.29) is 24.0 Å². The maximum absolute atomic E-state index is 6.23. The maximum atomic E-state index is 6.23. The van der Waals surface area contributed by atoms with Crippen molar-refractivity contribution in [2.24, 2.45) is 0 Å². The summed E-state index contributed by atoms with van der Waals surface area (Å²) in [5.41, 5.74) is 9.19. The molecule has 0 saturated heterocycles. The van der Waals surface area contributed by atoms with Crippen molar-refractivity contribution in [1.29, 1.82) is 0 Å². The third-order valence-electron chi connectivity index (χ3n) is 9.10. The molecule has 0 amide bonds. The third kappa shape index (κ3) is 8.94. The zero-order chi connectivity index (χ0) is 35.7. The lowest BCUT2D eigenvalue weighted by Gasteiger charge is -2.18. The molecular formula is C48H40IN3O2+2. The average molecular weight is 818 g/mol. The Labute approximate surface area is 333 Å². The minimum Gasteiger partial charge on any atom is -1.00 e. The Morgan fingerprint density at radius 3 is 0.741 bits per heavy atom. The summed E-state index contributed by atoms with van der Waals surface area (Å²) in [6.07, 6.45) is 0. The monoisotopic (exact) mass is 817 g/mol. The van der Waals surface area contributed by atoms with Crippen molar-refractivity contribution >= 4 is 45.5 Å². The topological polar surface area (TPSA) is 44.0 Å². The highest BCUT2D eigenvalue weighted by molar-refractivity contribution is 5.50. The highest BCUT2D eigenvalue weighted by Crippen LogP contribution is 2.27. The lowest BCUT2D eigenvalue weighted by atomic mass is 10.2. The predicted molar refractivity (Wildman–Crippen MR) is 213 cm³/mol. The van der Waals surface area contributed by atoms with Crippen LogP contribution < -0.4 is 48.6 Å². The first-order chi connectivity index (χ1) is 26.2. The number of benzene rings is 8. The molecule has 8 rings (SSSR count). The molecule has 264 valence electrons. The van der Waals surface area contributed by atoms with Crippen LogP contribution in [0.25, 0.3) is 0 Å². The van der Waals surface area contributed by atoms with Gasteiger partial charge in [0.1, 0.15) is 68.5 Å². The molecular weight excluding hydrogens is 777 g/mol. The van der Waals surface area contributed by atoms with Gasteiger partial charge in [-0.15, -0.1) is 0 Å². The molecule has 8 aromatic rings. The smallest absolute Gasteiger partial charge is 0.141 e. The summed E-state index contributed by atoms with van der Waals surface area (Å²) in [4.78, 5) is 2.39. The Balaban J connectivity index is 0.00000450. The zero-order valence-electron chi connectivity index (χ0n) is 29.6. The first kappa shape index (κ1) is 36.3. The number of halogens is 1. The van der Waals surface area contributed by atoms with Gasteiger partial charge in [0.05, 0.1) is 0 Å². The lowest BCUT2D eigenvalue weighted by molar-refractivity contribution is -0.681. The first-order valence-corrected chi connectivity index (χ1v) is 17.8. The molecule has 6 heteroatoms. The minimum absolute atomic E-state index is 0. The fourth-order valence-electron chi connectivity index (χ4n) is 6.53. The summed E-state index contributed by atoms with van der Waals surface area (Å²) in [5, 5.41) is 2.15. The lowest BCUT2D eigenvalue weighted by Crippen LogP contribution is -3.00. The van der Waals surface area contributed by atoms with Gasteiger partial charge in [0.25, 0.3) is 0 Å². The zero-order valence-corrected chi connectivity index (χ0v) is 31.7. The van der Waals surface area contributed by atoms with Crippen LogP contribution in [-0.2, 0) is 0 Å². The van der Waals surface area contributed by atoms with Crippen LogP contribution in [0.1, 0.15) is 0 Å².